The van der Waals surface area contributed by atoms with Crippen molar-refractivity contribution >= 4 is 17.5 Å². The lowest BCUT2D eigenvalue weighted by molar-refractivity contribution is 0.0703. The third kappa shape index (κ3) is 4.24. The molecule has 1 fully saturated rings. The van der Waals surface area contributed by atoms with Crippen molar-refractivity contribution in [1.29, 1.82) is 0 Å². The zero-order chi connectivity index (χ0) is 18.7. The summed E-state index contributed by atoms with van der Waals surface area (Å²) in [5.74, 6) is 0.635. The molecular weight excluding hydrogens is 355 g/mol. The summed E-state index contributed by atoms with van der Waals surface area (Å²) in [6.07, 6.45) is 5.73. The molecular formula is C19H24ClFN4O. The van der Waals surface area contributed by atoms with Gasteiger partial charge in [-0.3, -0.25) is 4.79 Å². The number of piperidine rings is 1. The van der Waals surface area contributed by atoms with Crippen molar-refractivity contribution in [2.24, 2.45) is 0 Å². The molecule has 1 amide bonds. The fraction of sp³-hybridized carbons (Fsp3) is 0.474. The van der Waals surface area contributed by atoms with E-state index in [0.717, 1.165) is 31.8 Å². The van der Waals surface area contributed by atoms with Crippen LogP contribution in [0.15, 0.2) is 30.6 Å². The van der Waals surface area contributed by atoms with Gasteiger partial charge < -0.3 is 14.4 Å². The molecule has 1 aromatic carbocycles. The van der Waals surface area contributed by atoms with Gasteiger partial charge in [-0.15, -0.1) is 0 Å². The smallest absolute Gasteiger partial charge is 0.255 e. The topological polar surface area (TPSA) is 41.4 Å². The zero-order valence-electron chi connectivity index (χ0n) is 15.2. The Morgan fingerprint density at radius 1 is 1.42 bits per heavy atom. The number of hydrogen-bond acceptors (Lipinski definition) is 3. The Labute approximate surface area is 158 Å². The monoisotopic (exact) mass is 378 g/mol. The lowest BCUT2D eigenvalue weighted by Crippen LogP contribution is -2.40. The summed E-state index contributed by atoms with van der Waals surface area (Å²) < 4.78 is 15.4. The van der Waals surface area contributed by atoms with Crippen LogP contribution in [0.2, 0.25) is 5.02 Å². The third-order valence-corrected chi connectivity index (χ3v) is 5.08. The van der Waals surface area contributed by atoms with Crippen LogP contribution in [0, 0.1) is 5.82 Å². The number of benzene rings is 1. The van der Waals surface area contributed by atoms with Gasteiger partial charge in [0.1, 0.15) is 11.6 Å². The molecule has 1 aliphatic rings. The Kier molecular flexibility index (Phi) is 5.94. The first-order chi connectivity index (χ1) is 12.5. The summed E-state index contributed by atoms with van der Waals surface area (Å²) in [6, 6.07) is 3.92. The van der Waals surface area contributed by atoms with E-state index in [1.54, 1.807) is 4.90 Å². The summed E-state index contributed by atoms with van der Waals surface area (Å²) in [5.41, 5.74) is 0.352. The van der Waals surface area contributed by atoms with E-state index in [2.05, 4.69) is 14.5 Å². The minimum absolute atomic E-state index is 0.147. The molecule has 5 nitrogen and oxygen atoms in total. The van der Waals surface area contributed by atoms with Crippen LogP contribution in [0.1, 0.15) is 34.9 Å². The van der Waals surface area contributed by atoms with E-state index in [1.165, 1.54) is 18.2 Å². The molecule has 2 heterocycles. The number of carbonyl (C=O) groups is 1. The van der Waals surface area contributed by atoms with Crippen molar-refractivity contribution in [3.8, 4) is 0 Å². The number of aromatic nitrogens is 2. The molecule has 0 radical (unpaired) electrons. The average Bonchev–Trinajstić information content (AvgIpc) is 3.08. The Morgan fingerprint density at radius 2 is 2.23 bits per heavy atom. The Balaban J connectivity index is 1.73. The van der Waals surface area contributed by atoms with Gasteiger partial charge in [0.15, 0.2) is 0 Å². The zero-order valence-corrected chi connectivity index (χ0v) is 15.9. The Morgan fingerprint density at radius 3 is 2.96 bits per heavy atom. The highest BCUT2D eigenvalue weighted by Gasteiger charge is 2.28. The maximum Gasteiger partial charge on any atom is 0.255 e. The summed E-state index contributed by atoms with van der Waals surface area (Å²) in [4.78, 5) is 21.3. The van der Waals surface area contributed by atoms with Crippen molar-refractivity contribution in [3.05, 3.63) is 52.8 Å². The molecule has 0 bridgehead atoms. The van der Waals surface area contributed by atoms with E-state index < -0.39 is 5.82 Å². The standard InChI is InChI=1S/C19H24ClFN4O/c1-23(2)10-11-24-9-7-22-18(24)14-4-3-8-25(13-14)19(26)16-6-5-15(21)12-17(16)20/h5-7,9,12,14H,3-4,8,10-11,13H2,1-2H3/t14-/m0/s1. The lowest BCUT2D eigenvalue weighted by Gasteiger charge is -2.33. The number of likely N-dealkylation sites (N-methyl/N-ethyl adjacent to an activating group) is 1. The van der Waals surface area contributed by atoms with Gasteiger partial charge in [0.2, 0.25) is 0 Å². The van der Waals surface area contributed by atoms with E-state index >= 15 is 0 Å². The number of rotatable bonds is 5. The first-order valence-corrected chi connectivity index (χ1v) is 9.23. The average molecular weight is 379 g/mol. The van der Waals surface area contributed by atoms with Crippen LogP contribution in [-0.2, 0) is 6.54 Å². The molecule has 140 valence electrons. The summed E-state index contributed by atoms with van der Waals surface area (Å²) >= 11 is 6.07. The second-order valence-corrected chi connectivity index (χ2v) is 7.40. The maximum absolute atomic E-state index is 13.3. The number of carbonyl (C=O) groups excluding carboxylic acids is 1. The van der Waals surface area contributed by atoms with Crippen LogP contribution in [0.5, 0.6) is 0 Å². The molecule has 0 spiro atoms. The first-order valence-electron chi connectivity index (χ1n) is 8.86. The minimum atomic E-state index is -0.439. The maximum atomic E-state index is 13.3. The van der Waals surface area contributed by atoms with Crippen molar-refractivity contribution in [1.82, 2.24) is 19.4 Å². The van der Waals surface area contributed by atoms with Gasteiger partial charge >= 0.3 is 0 Å². The van der Waals surface area contributed by atoms with Crippen LogP contribution in [0.4, 0.5) is 4.39 Å². The molecule has 3 rings (SSSR count). The summed E-state index contributed by atoms with van der Waals surface area (Å²) in [7, 11) is 4.09. The molecule has 1 aromatic heterocycles. The van der Waals surface area contributed by atoms with Crippen LogP contribution >= 0.6 is 11.6 Å². The van der Waals surface area contributed by atoms with Crippen LogP contribution in [0.25, 0.3) is 0 Å². The van der Waals surface area contributed by atoms with Gasteiger partial charge in [-0.2, -0.15) is 0 Å². The highest BCUT2D eigenvalue weighted by molar-refractivity contribution is 6.33. The molecule has 0 aliphatic carbocycles. The molecule has 2 aromatic rings. The number of imidazole rings is 1. The van der Waals surface area contributed by atoms with Gasteiger partial charge in [-0.1, -0.05) is 11.6 Å². The van der Waals surface area contributed by atoms with Gasteiger partial charge in [-0.25, -0.2) is 9.37 Å². The number of nitrogens with zero attached hydrogens (tertiary/aromatic N) is 4. The van der Waals surface area contributed by atoms with Crippen molar-refractivity contribution in [2.75, 3.05) is 33.7 Å². The molecule has 1 aliphatic heterocycles. The number of halogens is 2. The SMILES string of the molecule is CN(C)CCn1ccnc1[C@H]1CCCN(C(=O)c2ccc(F)cc2Cl)C1. The van der Waals surface area contributed by atoms with E-state index in [-0.39, 0.29) is 16.8 Å². The normalized spacial score (nSPS) is 17.7. The predicted octanol–water partition coefficient (Wildman–Crippen LogP) is 3.26. The molecule has 1 saturated heterocycles. The quantitative estimate of drug-likeness (QED) is 0.802. The highest BCUT2D eigenvalue weighted by Crippen LogP contribution is 2.28. The van der Waals surface area contributed by atoms with Crippen LogP contribution in [-0.4, -0.2) is 59.0 Å². The Bertz CT molecular complexity index is 777. The molecule has 0 N–H and O–H groups in total. The number of amides is 1. The molecule has 0 unspecified atom stereocenters. The third-order valence-electron chi connectivity index (χ3n) is 4.77. The van der Waals surface area contributed by atoms with E-state index in [4.69, 9.17) is 11.6 Å². The van der Waals surface area contributed by atoms with Gasteiger partial charge in [0.25, 0.3) is 5.91 Å². The first kappa shape index (κ1) is 18.9. The summed E-state index contributed by atoms with van der Waals surface area (Å²) in [6.45, 7) is 3.09. The molecule has 0 saturated carbocycles. The van der Waals surface area contributed by atoms with Gasteiger partial charge in [0.05, 0.1) is 10.6 Å². The van der Waals surface area contributed by atoms with E-state index in [0.29, 0.717) is 18.7 Å². The predicted molar refractivity (Wildman–Crippen MR) is 100 cm³/mol. The second-order valence-electron chi connectivity index (χ2n) is 7.00. The molecule has 1 atom stereocenters. The second kappa shape index (κ2) is 8.18. The van der Waals surface area contributed by atoms with Crippen molar-refractivity contribution < 1.29 is 9.18 Å². The number of hydrogen-bond donors (Lipinski definition) is 0. The number of likely N-dealkylation sites (tertiary alicyclic amines) is 1. The summed E-state index contributed by atoms with van der Waals surface area (Å²) in [5, 5.41) is 0.157. The Hall–Kier alpha value is -1.92. The lowest BCUT2D eigenvalue weighted by atomic mass is 9.96. The fourth-order valence-electron chi connectivity index (χ4n) is 3.38. The van der Waals surface area contributed by atoms with Gasteiger partial charge in [-0.05, 0) is 45.1 Å². The highest BCUT2D eigenvalue weighted by atomic mass is 35.5. The molecule has 26 heavy (non-hydrogen) atoms. The van der Waals surface area contributed by atoms with E-state index in [9.17, 15) is 9.18 Å². The minimum Gasteiger partial charge on any atom is -0.338 e. The van der Waals surface area contributed by atoms with Gasteiger partial charge in [0, 0.05) is 44.5 Å². The van der Waals surface area contributed by atoms with Crippen LogP contribution in [0.3, 0.4) is 0 Å². The fourth-order valence-corrected chi connectivity index (χ4v) is 3.63. The molecule has 7 heteroatoms. The van der Waals surface area contributed by atoms with E-state index in [1.807, 2.05) is 26.5 Å². The van der Waals surface area contributed by atoms with Crippen molar-refractivity contribution in [3.63, 3.8) is 0 Å². The largest absolute Gasteiger partial charge is 0.338 e. The van der Waals surface area contributed by atoms with Crippen molar-refractivity contribution in [2.45, 2.75) is 25.3 Å². The van der Waals surface area contributed by atoms with Crippen LogP contribution < -0.4 is 0 Å².